The number of guanidine groups is 1. The van der Waals surface area contributed by atoms with Gasteiger partial charge in [0, 0.05) is 13.1 Å². The Labute approximate surface area is 116 Å². The molecular formula is C15H25N3O. The molecule has 0 aliphatic carbocycles. The number of nitrogens with two attached hydrogens (primary N) is 1. The van der Waals surface area contributed by atoms with E-state index in [4.69, 9.17) is 10.5 Å². The second-order valence-corrected chi connectivity index (χ2v) is 4.75. The highest BCUT2D eigenvalue weighted by Gasteiger charge is 1.98. The average molecular weight is 263 g/mol. The summed E-state index contributed by atoms with van der Waals surface area (Å²) in [4.78, 5) is 4.18. The van der Waals surface area contributed by atoms with Crippen LogP contribution >= 0.6 is 0 Å². The molecule has 0 saturated heterocycles. The van der Waals surface area contributed by atoms with Crippen LogP contribution < -0.4 is 15.8 Å². The summed E-state index contributed by atoms with van der Waals surface area (Å²) in [7, 11) is 0. The summed E-state index contributed by atoms with van der Waals surface area (Å²) in [6.45, 7) is 7.70. The number of nitrogens with zero attached hydrogens (tertiary/aromatic N) is 1. The van der Waals surface area contributed by atoms with Gasteiger partial charge in [-0.15, -0.1) is 0 Å². The van der Waals surface area contributed by atoms with Gasteiger partial charge in [-0.25, -0.2) is 0 Å². The molecule has 4 heteroatoms. The third-order valence-corrected chi connectivity index (χ3v) is 2.52. The zero-order valence-electron chi connectivity index (χ0n) is 12.1. The van der Waals surface area contributed by atoms with E-state index in [0.29, 0.717) is 5.96 Å². The molecule has 0 unspecified atom stereocenters. The topological polar surface area (TPSA) is 59.6 Å². The Kier molecular flexibility index (Phi) is 6.79. The minimum absolute atomic E-state index is 0.210. The summed E-state index contributed by atoms with van der Waals surface area (Å²) >= 11 is 0. The maximum Gasteiger partial charge on any atom is 0.188 e. The highest BCUT2D eigenvalue weighted by atomic mass is 16.5. The van der Waals surface area contributed by atoms with Crippen molar-refractivity contribution in [3.63, 3.8) is 0 Å². The third-order valence-electron chi connectivity index (χ3n) is 2.52. The summed E-state index contributed by atoms with van der Waals surface area (Å²) in [6.07, 6.45) is 2.14. The van der Waals surface area contributed by atoms with E-state index in [0.717, 1.165) is 31.7 Å². The fourth-order valence-corrected chi connectivity index (χ4v) is 1.63. The van der Waals surface area contributed by atoms with Crippen LogP contribution in [0, 0.1) is 0 Å². The average Bonchev–Trinajstić information content (AvgIpc) is 2.38. The molecule has 106 valence electrons. The van der Waals surface area contributed by atoms with Crippen molar-refractivity contribution in [3.8, 4) is 5.75 Å². The first-order chi connectivity index (χ1) is 9.11. The van der Waals surface area contributed by atoms with Crippen molar-refractivity contribution >= 4 is 5.96 Å². The number of aliphatic imine (C=N–C) groups is 1. The number of benzene rings is 1. The standard InChI is InChI=1S/C15H25N3O/c1-4-10-17-15(16)18-11-9-13-5-7-14(8-6-13)19-12(2)3/h5-8,12H,4,9-11H2,1-3H3,(H3,16,17,18). The first-order valence-electron chi connectivity index (χ1n) is 6.91. The van der Waals surface area contributed by atoms with E-state index in [1.807, 2.05) is 26.0 Å². The van der Waals surface area contributed by atoms with Gasteiger partial charge in [0.25, 0.3) is 0 Å². The Morgan fingerprint density at radius 1 is 1.32 bits per heavy atom. The van der Waals surface area contributed by atoms with Crippen molar-refractivity contribution in [1.82, 2.24) is 5.32 Å². The maximum atomic E-state index is 5.72. The maximum absolute atomic E-state index is 5.72. The lowest BCUT2D eigenvalue weighted by molar-refractivity contribution is 0.242. The molecule has 0 aliphatic rings. The Morgan fingerprint density at radius 3 is 2.58 bits per heavy atom. The Balaban J connectivity index is 2.33. The number of ether oxygens (including phenoxy) is 1. The van der Waals surface area contributed by atoms with Gasteiger partial charge in [-0.3, -0.25) is 4.99 Å². The van der Waals surface area contributed by atoms with E-state index >= 15 is 0 Å². The van der Waals surface area contributed by atoms with Gasteiger partial charge in [-0.2, -0.15) is 0 Å². The molecule has 0 saturated carbocycles. The lowest BCUT2D eigenvalue weighted by atomic mass is 10.1. The van der Waals surface area contributed by atoms with E-state index in [1.165, 1.54) is 5.56 Å². The molecule has 0 aliphatic heterocycles. The van der Waals surface area contributed by atoms with Gasteiger partial charge < -0.3 is 15.8 Å². The van der Waals surface area contributed by atoms with Crippen LogP contribution in [0.2, 0.25) is 0 Å². The summed E-state index contributed by atoms with van der Waals surface area (Å²) < 4.78 is 5.60. The Hall–Kier alpha value is -1.71. The summed E-state index contributed by atoms with van der Waals surface area (Å²) in [5.41, 5.74) is 6.98. The smallest absolute Gasteiger partial charge is 0.188 e. The molecular weight excluding hydrogens is 238 g/mol. The van der Waals surface area contributed by atoms with Crippen LogP contribution in [0.25, 0.3) is 0 Å². The monoisotopic (exact) mass is 263 g/mol. The van der Waals surface area contributed by atoms with Gasteiger partial charge in [0.05, 0.1) is 6.10 Å². The van der Waals surface area contributed by atoms with Crippen molar-refractivity contribution in [3.05, 3.63) is 29.8 Å². The number of rotatable bonds is 7. The van der Waals surface area contributed by atoms with Gasteiger partial charge in [-0.05, 0) is 44.4 Å². The second-order valence-electron chi connectivity index (χ2n) is 4.75. The molecule has 1 rings (SSSR count). The van der Waals surface area contributed by atoms with Crippen LogP contribution in [0.3, 0.4) is 0 Å². The molecule has 0 atom stereocenters. The molecule has 0 amide bonds. The molecule has 0 bridgehead atoms. The third kappa shape index (κ3) is 6.70. The quantitative estimate of drug-likeness (QED) is 0.586. The molecule has 0 aromatic heterocycles. The molecule has 3 N–H and O–H groups in total. The van der Waals surface area contributed by atoms with Crippen molar-refractivity contribution in [1.29, 1.82) is 0 Å². The second kappa shape index (κ2) is 8.40. The first-order valence-corrected chi connectivity index (χ1v) is 6.91. The minimum atomic E-state index is 0.210. The zero-order chi connectivity index (χ0) is 14.1. The Morgan fingerprint density at radius 2 is 2.00 bits per heavy atom. The molecule has 0 heterocycles. The lowest BCUT2D eigenvalue weighted by Crippen LogP contribution is -2.33. The molecule has 4 nitrogen and oxygen atoms in total. The van der Waals surface area contributed by atoms with Crippen molar-refractivity contribution in [2.75, 3.05) is 13.1 Å². The molecule has 19 heavy (non-hydrogen) atoms. The van der Waals surface area contributed by atoms with Gasteiger partial charge >= 0.3 is 0 Å². The van der Waals surface area contributed by atoms with Crippen LogP contribution in [-0.2, 0) is 6.42 Å². The van der Waals surface area contributed by atoms with Gasteiger partial charge in [0.15, 0.2) is 5.96 Å². The lowest BCUT2D eigenvalue weighted by Gasteiger charge is -2.10. The molecule has 0 radical (unpaired) electrons. The minimum Gasteiger partial charge on any atom is -0.491 e. The van der Waals surface area contributed by atoms with Crippen molar-refractivity contribution in [2.45, 2.75) is 39.7 Å². The number of hydrogen-bond acceptors (Lipinski definition) is 2. The highest BCUT2D eigenvalue weighted by molar-refractivity contribution is 5.77. The molecule has 1 aromatic rings. The van der Waals surface area contributed by atoms with Gasteiger partial charge in [0.1, 0.15) is 5.75 Å². The molecule has 0 spiro atoms. The van der Waals surface area contributed by atoms with Crippen molar-refractivity contribution < 1.29 is 4.74 Å². The summed E-state index contributed by atoms with van der Waals surface area (Å²) in [5.74, 6) is 1.44. The first kappa shape index (κ1) is 15.3. The predicted octanol–water partition coefficient (Wildman–Crippen LogP) is 2.33. The normalized spacial score (nSPS) is 11.7. The fourth-order valence-electron chi connectivity index (χ4n) is 1.63. The SMILES string of the molecule is CCCN=C(N)NCCc1ccc(OC(C)C)cc1. The van der Waals surface area contributed by atoms with Crippen molar-refractivity contribution in [2.24, 2.45) is 10.7 Å². The van der Waals surface area contributed by atoms with Gasteiger partial charge in [0.2, 0.25) is 0 Å². The zero-order valence-corrected chi connectivity index (χ0v) is 12.1. The fraction of sp³-hybridized carbons (Fsp3) is 0.533. The van der Waals surface area contributed by atoms with E-state index in [-0.39, 0.29) is 6.10 Å². The van der Waals surface area contributed by atoms with Crippen LogP contribution in [-0.4, -0.2) is 25.2 Å². The van der Waals surface area contributed by atoms with Crippen LogP contribution in [0.1, 0.15) is 32.8 Å². The van der Waals surface area contributed by atoms with Crippen LogP contribution in [0.5, 0.6) is 5.75 Å². The number of hydrogen-bond donors (Lipinski definition) is 2. The van der Waals surface area contributed by atoms with E-state index < -0.39 is 0 Å². The van der Waals surface area contributed by atoms with Crippen LogP contribution in [0.15, 0.2) is 29.3 Å². The summed E-state index contributed by atoms with van der Waals surface area (Å²) in [6, 6.07) is 8.17. The number of nitrogens with one attached hydrogen (secondary N) is 1. The van der Waals surface area contributed by atoms with E-state index in [1.54, 1.807) is 0 Å². The van der Waals surface area contributed by atoms with Crippen LogP contribution in [0.4, 0.5) is 0 Å². The highest BCUT2D eigenvalue weighted by Crippen LogP contribution is 2.13. The van der Waals surface area contributed by atoms with E-state index in [9.17, 15) is 0 Å². The largest absolute Gasteiger partial charge is 0.491 e. The predicted molar refractivity (Wildman–Crippen MR) is 80.7 cm³/mol. The molecule has 1 aromatic carbocycles. The molecule has 0 fully saturated rings. The Bertz CT molecular complexity index is 385. The van der Waals surface area contributed by atoms with E-state index in [2.05, 4.69) is 29.4 Å². The van der Waals surface area contributed by atoms with Gasteiger partial charge in [-0.1, -0.05) is 19.1 Å². The summed E-state index contributed by atoms with van der Waals surface area (Å²) in [5, 5.41) is 3.11.